The normalized spacial score (nSPS) is 12.0. The van der Waals surface area contributed by atoms with E-state index in [0.717, 1.165) is 30.9 Å². The predicted molar refractivity (Wildman–Crippen MR) is 113 cm³/mol. The lowest BCUT2D eigenvalue weighted by molar-refractivity contribution is 0.0956. The van der Waals surface area contributed by atoms with E-state index in [-0.39, 0.29) is 6.10 Å². The third-order valence-electron chi connectivity index (χ3n) is 4.75. The molecule has 0 saturated heterocycles. The summed E-state index contributed by atoms with van der Waals surface area (Å²) in [7, 11) is 1.73. The SMILES string of the molecule is CCCCCCCOc1ccc(-c2ccc(OCCC(C)OC)cc2)cc1. The first-order valence-electron chi connectivity index (χ1n) is 10.2. The van der Waals surface area contributed by atoms with E-state index in [1.807, 2.05) is 19.1 Å². The van der Waals surface area contributed by atoms with Gasteiger partial charge in [-0.25, -0.2) is 0 Å². The maximum atomic E-state index is 5.84. The molecular formula is C24H34O3. The van der Waals surface area contributed by atoms with Crippen LogP contribution in [0.4, 0.5) is 0 Å². The first kappa shape index (κ1) is 21.3. The van der Waals surface area contributed by atoms with Crippen molar-refractivity contribution in [1.29, 1.82) is 0 Å². The van der Waals surface area contributed by atoms with Crippen LogP contribution in [0.2, 0.25) is 0 Å². The number of unbranched alkanes of at least 4 members (excludes halogenated alkanes) is 4. The minimum absolute atomic E-state index is 0.223. The van der Waals surface area contributed by atoms with Crippen LogP contribution in [-0.2, 0) is 4.74 Å². The number of hydrogen-bond donors (Lipinski definition) is 0. The van der Waals surface area contributed by atoms with Crippen LogP contribution in [0.25, 0.3) is 11.1 Å². The molecule has 2 aromatic carbocycles. The zero-order valence-corrected chi connectivity index (χ0v) is 17.1. The summed E-state index contributed by atoms with van der Waals surface area (Å²) in [6.07, 6.45) is 7.41. The van der Waals surface area contributed by atoms with E-state index in [2.05, 4.69) is 43.3 Å². The van der Waals surface area contributed by atoms with Crippen molar-refractivity contribution in [3.05, 3.63) is 48.5 Å². The Balaban J connectivity index is 1.77. The smallest absolute Gasteiger partial charge is 0.119 e. The standard InChI is InChI=1S/C24H34O3/c1-4-5-6-7-8-18-26-23-13-9-21(10-14-23)22-11-15-24(16-12-22)27-19-17-20(2)25-3/h9-16,20H,4-8,17-19H2,1-3H3. The first-order chi connectivity index (χ1) is 13.2. The van der Waals surface area contributed by atoms with Gasteiger partial charge in [0.1, 0.15) is 11.5 Å². The molecular weight excluding hydrogens is 336 g/mol. The van der Waals surface area contributed by atoms with Gasteiger partial charge in [-0.2, -0.15) is 0 Å². The molecule has 2 aromatic rings. The Hall–Kier alpha value is -2.00. The highest BCUT2D eigenvalue weighted by atomic mass is 16.5. The predicted octanol–water partition coefficient (Wildman–Crippen LogP) is 6.51. The minimum Gasteiger partial charge on any atom is -0.494 e. The Morgan fingerprint density at radius 3 is 1.74 bits per heavy atom. The van der Waals surface area contributed by atoms with Crippen molar-refractivity contribution < 1.29 is 14.2 Å². The third kappa shape index (κ3) is 8.04. The van der Waals surface area contributed by atoms with Gasteiger partial charge < -0.3 is 14.2 Å². The summed E-state index contributed by atoms with van der Waals surface area (Å²) in [6, 6.07) is 16.6. The largest absolute Gasteiger partial charge is 0.494 e. The van der Waals surface area contributed by atoms with Gasteiger partial charge in [0.2, 0.25) is 0 Å². The molecule has 27 heavy (non-hydrogen) atoms. The van der Waals surface area contributed by atoms with Gasteiger partial charge in [-0.05, 0) is 48.7 Å². The summed E-state index contributed by atoms with van der Waals surface area (Å²) in [5, 5.41) is 0. The van der Waals surface area contributed by atoms with Crippen LogP contribution < -0.4 is 9.47 Å². The van der Waals surface area contributed by atoms with Crippen LogP contribution in [0, 0.1) is 0 Å². The summed E-state index contributed by atoms with van der Waals surface area (Å²) >= 11 is 0. The summed E-state index contributed by atoms with van der Waals surface area (Å²) in [5.41, 5.74) is 2.36. The van der Waals surface area contributed by atoms with Gasteiger partial charge in [-0.1, -0.05) is 56.9 Å². The molecule has 1 unspecified atom stereocenters. The monoisotopic (exact) mass is 370 g/mol. The second kappa shape index (κ2) is 12.4. The van der Waals surface area contributed by atoms with E-state index in [4.69, 9.17) is 14.2 Å². The molecule has 0 aliphatic heterocycles. The number of rotatable bonds is 13. The molecule has 0 saturated carbocycles. The molecule has 0 amide bonds. The summed E-state index contributed by atoms with van der Waals surface area (Å²) < 4.78 is 16.8. The number of methoxy groups -OCH3 is 1. The summed E-state index contributed by atoms with van der Waals surface area (Å²) in [4.78, 5) is 0. The Morgan fingerprint density at radius 2 is 1.22 bits per heavy atom. The summed E-state index contributed by atoms with van der Waals surface area (Å²) in [5.74, 6) is 1.84. The van der Waals surface area contributed by atoms with Crippen LogP contribution in [0.15, 0.2) is 48.5 Å². The van der Waals surface area contributed by atoms with E-state index in [9.17, 15) is 0 Å². The average Bonchev–Trinajstić information content (AvgIpc) is 2.71. The van der Waals surface area contributed by atoms with Crippen molar-refractivity contribution in [1.82, 2.24) is 0 Å². The Bertz CT molecular complexity index is 619. The molecule has 3 nitrogen and oxygen atoms in total. The molecule has 2 rings (SSSR count). The van der Waals surface area contributed by atoms with E-state index in [1.165, 1.54) is 36.8 Å². The molecule has 0 heterocycles. The highest BCUT2D eigenvalue weighted by Crippen LogP contribution is 2.25. The van der Waals surface area contributed by atoms with Crippen LogP contribution in [0.3, 0.4) is 0 Å². The number of ether oxygens (including phenoxy) is 3. The third-order valence-corrected chi connectivity index (χ3v) is 4.75. The van der Waals surface area contributed by atoms with E-state index < -0.39 is 0 Å². The summed E-state index contributed by atoms with van der Waals surface area (Å²) in [6.45, 7) is 5.75. The van der Waals surface area contributed by atoms with Gasteiger partial charge >= 0.3 is 0 Å². The average molecular weight is 371 g/mol. The number of benzene rings is 2. The molecule has 0 bridgehead atoms. The molecule has 0 aliphatic rings. The van der Waals surface area contributed by atoms with Crippen molar-refractivity contribution >= 4 is 0 Å². The van der Waals surface area contributed by atoms with Crippen molar-refractivity contribution in [3.8, 4) is 22.6 Å². The lowest BCUT2D eigenvalue weighted by Crippen LogP contribution is -2.10. The van der Waals surface area contributed by atoms with Crippen molar-refractivity contribution in [2.24, 2.45) is 0 Å². The minimum atomic E-state index is 0.223. The Labute approximate surface area is 164 Å². The molecule has 0 aliphatic carbocycles. The fourth-order valence-corrected chi connectivity index (χ4v) is 2.84. The van der Waals surface area contributed by atoms with E-state index >= 15 is 0 Å². The lowest BCUT2D eigenvalue weighted by Gasteiger charge is -2.11. The first-order valence-corrected chi connectivity index (χ1v) is 10.2. The number of hydrogen-bond acceptors (Lipinski definition) is 3. The van der Waals surface area contributed by atoms with Gasteiger partial charge in [0, 0.05) is 13.5 Å². The maximum Gasteiger partial charge on any atom is 0.119 e. The quantitative estimate of drug-likeness (QED) is 0.376. The molecule has 1 atom stereocenters. The van der Waals surface area contributed by atoms with Crippen LogP contribution in [0.1, 0.15) is 52.4 Å². The lowest BCUT2D eigenvalue weighted by atomic mass is 10.1. The Morgan fingerprint density at radius 1 is 0.704 bits per heavy atom. The van der Waals surface area contributed by atoms with Crippen LogP contribution >= 0.6 is 0 Å². The van der Waals surface area contributed by atoms with Crippen molar-refractivity contribution in [2.75, 3.05) is 20.3 Å². The molecule has 0 spiro atoms. The van der Waals surface area contributed by atoms with Crippen LogP contribution in [0.5, 0.6) is 11.5 Å². The van der Waals surface area contributed by atoms with Crippen molar-refractivity contribution in [3.63, 3.8) is 0 Å². The molecule has 3 heteroatoms. The highest BCUT2D eigenvalue weighted by molar-refractivity contribution is 5.64. The maximum absolute atomic E-state index is 5.84. The molecule has 0 fully saturated rings. The topological polar surface area (TPSA) is 27.7 Å². The van der Waals surface area contributed by atoms with Gasteiger partial charge in [-0.3, -0.25) is 0 Å². The molecule has 148 valence electrons. The van der Waals surface area contributed by atoms with Gasteiger partial charge in [0.15, 0.2) is 0 Å². The van der Waals surface area contributed by atoms with E-state index in [0.29, 0.717) is 6.61 Å². The van der Waals surface area contributed by atoms with Crippen LogP contribution in [-0.4, -0.2) is 26.4 Å². The second-order valence-electron chi connectivity index (χ2n) is 6.99. The fourth-order valence-electron chi connectivity index (χ4n) is 2.84. The van der Waals surface area contributed by atoms with Gasteiger partial charge in [-0.15, -0.1) is 0 Å². The second-order valence-corrected chi connectivity index (χ2v) is 6.99. The Kier molecular flexibility index (Phi) is 9.78. The van der Waals surface area contributed by atoms with E-state index in [1.54, 1.807) is 7.11 Å². The fraction of sp³-hybridized carbons (Fsp3) is 0.500. The molecule has 0 N–H and O–H groups in total. The highest BCUT2D eigenvalue weighted by Gasteiger charge is 2.02. The zero-order valence-electron chi connectivity index (χ0n) is 17.1. The molecule has 0 aromatic heterocycles. The molecule has 0 radical (unpaired) electrons. The zero-order chi connectivity index (χ0) is 19.3. The van der Waals surface area contributed by atoms with Gasteiger partial charge in [0.05, 0.1) is 19.3 Å². The van der Waals surface area contributed by atoms with Gasteiger partial charge in [0.25, 0.3) is 0 Å². The van der Waals surface area contributed by atoms with Crippen molar-refractivity contribution in [2.45, 2.75) is 58.5 Å².